The van der Waals surface area contributed by atoms with Crippen LogP contribution in [-0.2, 0) is 12.1 Å². The van der Waals surface area contributed by atoms with Crippen LogP contribution in [0.5, 0.6) is 0 Å². The molecule has 2 nitrogen and oxygen atoms in total. The number of benzene rings is 2. The van der Waals surface area contributed by atoms with Gasteiger partial charge in [-0.2, -0.15) is 49.0 Å². The maximum Gasteiger partial charge on any atom is 0.460 e. The van der Waals surface area contributed by atoms with E-state index in [0.29, 0.717) is 18.0 Å². The van der Waals surface area contributed by atoms with Crippen LogP contribution in [-0.4, -0.2) is 18.3 Å². The number of hydrazone groups is 1. The lowest BCUT2D eigenvalue weighted by Crippen LogP contribution is -2.50. The summed E-state index contributed by atoms with van der Waals surface area (Å²) in [6.45, 7) is 0. The summed E-state index contributed by atoms with van der Waals surface area (Å²) >= 11 is 0. The first-order valence-corrected chi connectivity index (χ1v) is 7.56. The van der Waals surface area contributed by atoms with Crippen molar-refractivity contribution in [2.24, 2.45) is 5.10 Å². The number of halogens is 10. The molecule has 0 aliphatic carbocycles. The van der Waals surface area contributed by atoms with E-state index in [0.717, 1.165) is 0 Å². The van der Waals surface area contributed by atoms with E-state index in [2.05, 4.69) is 10.5 Å². The molecule has 0 fully saturated rings. The van der Waals surface area contributed by atoms with Gasteiger partial charge in [-0.15, -0.1) is 0 Å². The molecule has 29 heavy (non-hydrogen) atoms. The standard InChI is InChI=1S/C17H10F10N2/c18-14(19,16(23,24)17(25,26)27)13-8-10(6-7-12(13)15(20,21)22)9-28-29-11-4-2-1-3-5-11/h1-9,29H. The number of hydrogen-bond donors (Lipinski definition) is 1. The van der Waals surface area contributed by atoms with Crippen molar-refractivity contribution in [3.63, 3.8) is 0 Å². The van der Waals surface area contributed by atoms with Crippen LogP contribution in [0, 0.1) is 0 Å². The minimum Gasteiger partial charge on any atom is -0.279 e. The van der Waals surface area contributed by atoms with Crippen molar-refractivity contribution in [3.05, 3.63) is 65.2 Å². The van der Waals surface area contributed by atoms with Gasteiger partial charge in [-0.3, -0.25) is 5.43 Å². The van der Waals surface area contributed by atoms with Crippen molar-refractivity contribution in [1.29, 1.82) is 0 Å². The highest BCUT2D eigenvalue weighted by Crippen LogP contribution is 2.54. The van der Waals surface area contributed by atoms with Gasteiger partial charge in [-0.1, -0.05) is 24.3 Å². The van der Waals surface area contributed by atoms with Crippen molar-refractivity contribution in [3.8, 4) is 0 Å². The van der Waals surface area contributed by atoms with E-state index in [1.807, 2.05) is 0 Å². The molecule has 0 amide bonds. The molecule has 0 aromatic heterocycles. The number of alkyl halides is 10. The lowest BCUT2D eigenvalue weighted by molar-refractivity contribution is -0.360. The molecule has 0 aliphatic heterocycles. The minimum atomic E-state index is -6.78. The number of nitrogens with one attached hydrogen (secondary N) is 1. The van der Waals surface area contributed by atoms with Crippen LogP contribution in [0.3, 0.4) is 0 Å². The Morgan fingerprint density at radius 1 is 0.724 bits per heavy atom. The van der Waals surface area contributed by atoms with Crippen molar-refractivity contribution in [2.45, 2.75) is 24.2 Å². The van der Waals surface area contributed by atoms with Crippen LogP contribution in [0.15, 0.2) is 53.6 Å². The van der Waals surface area contributed by atoms with Gasteiger partial charge in [0.2, 0.25) is 0 Å². The molecule has 0 heterocycles. The van der Waals surface area contributed by atoms with E-state index in [4.69, 9.17) is 0 Å². The molecule has 0 bridgehead atoms. The third-order valence-corrected chi connectivity index (χ3v) is 3.62. The van der Waals surface area contributed by atoms with Crippen LogP contribution in [0.25, 0.3) is 0 Å². The number of rotatable bonds is 5. The molecular formula is C17H10F10N2. The lowest BCUT2D eigenvalue weighted by Gasteiger charge is -2.30. The second-order valence-corrected chi connectivity index (χ2v) is 5.69. The molecule has 0 atom stereocenters. The predicted molar refractivity (Wildman–Crippen MR) is 84.0 cm³/mol. The van der Waals surface area contributed by atoms with Crippen molar-refractivity contribution < 1.29 is 43.9 Å². The third kappa shape index (κ3) is 4.62. The fourth-order valence-electron chi connectivity index (χ4n) is 2.19. The number of hydrogen-bond acceptors (Lipinski definition) is 2. The highest BCUT2D eigenvalue weighted by atomic mass is 19.4. The molecule has 0 saturated heterocycles. The summed E-state index contributed by atoms with van der Waals surface area (Å²) in [5.41, 5.74) is -2.62. The molecule has 0 aliphatic rings. The van der Waals surface area contributed by atoms with Gasteiger partial charge in [0, 0.05) is 5.56 Å². The maximum absolute atomic E-state index is 14.0. The lowest BCUT2D eigenvalue weighted by atomic mass is 9.94. The second-order valence-electron chi connectivity index (χ2n) is 5.69. The smallest absolute Gasteiger partial charge is 0.279 e. The van der Waals surface area contributed by atoms with Gasteiger partial charge in [0.1, 0.15) is 0 Å². The van der Waals surface area contributed by atoms with Crippen LogP contribution >= 0.6 is 0 Å². The summed E-state index contributed by atoms with van der Waals surface area (Å²) in [5.74, 6) is -12.9. The minimum absolute atomic E-state index is 0.0143. The Bertz CT molecular complexity index is 870. The first kappa shape index (κ1) is 22.5. The number of nitrogens with zero attached hydrogens (tertiary/aromatic N) is 1. The van der Waals surface area contributed by atoms with E-state index >= 15 is 0 Å². The highest BCUT2D eigenvalue weighted by Gasteiger charge is 2.74. The Morgan fingerprint density at radius 2 is 1.31 bits per heavy atom. The fraction of sp³-hybridized carbons (Fsp3) is 0.235. The molecule has 1 N–H and O–H groups in total. The van der Waals surface area contributed by atoms with Gasteiger partial charge in [-0.05, 0) is 29.8 Å². The van der Waals surface area contributed by atoms with Crippen LogP contribution in [0.2, 0.25) is 0 Å². The van der Waals surface area contributed by atoms with Gasteiger partial charge in [0.25, 0.3) is 0 Å². The van der Waals surface area contributed by atoms with Crippen LogP contribution in [0.4, 0.5) is 49.6 Å². The molecule has 0 saturated carbocycles. The molecule has 0 spiro atoms. The SMILES string of the molecule is FC(F)(F)c1ccc(C=NNc2ccccc2)cc1C(F)(F)C(F)(F)C(F)(F)F. The van der Waals surface area contributed by atoms with Crippen molar-refractivity contribution in [2.75, 3.05) is 5.43 Å². The zero-order valence-electron chi connectivity index (χ0n) is 13.9. The van der Waals surface area contributed by atoms with E-state index < -0.39 is 40.9 Å². The molecule has 0 radical (unpaired) electrons. The average molecular weight is 432 g/mol. The van der Waals surface area contributed by atoms with Gasteiger partial charge in [0.15, 0.2) is 0 Å². The van der Waals surface area contributed by atoms with Crippen molar-refractivity contribution >= 4 is 11.9 Å². The predicted octanol–water partition coefficient (Wildman–Crippen LogP) is 6.44. The van der Waals surface area contributed by atoms with Gasteiger partial charge in [0.05, 0.1) is 17.5 Å². The topological polar surface area (TPSA) is 24.4 Å². The summed E-state index contributed by atoms with van der Waals surface area (Å²) in [7, 11) is 0. The largest absolute Gasteiger partial charge is 0.460 e. The normalized spacial score (nSPS) is 13.7. The van der Waals surface area contributed by atoms with E-state index in [-0.39, 0.29) is 12.1 Å². The summed E-state index contributed by atoms with van der Waals surface area (Å²) < 4.78 is 131. The first-order chi connectivity index (χ1) is 13.2. The highest BCUT2D eigenvalue weighted by molar-refractivity contribution is 5.81. The van der Waals surface area contributed by atoms with E-state index in [9.17, 15) is 43.9 Å². The summed E-state index contributed by atoms with van der Waals surface area (Å²) in [6.07, 6.45) is -11.7. The zero-order valence-corrected chi connectivity index (χ0v) is 13.9. The Balaban J connectivity index is 2.50. The quantitative estimate of drug-likeness (QED) is 0.328. The van der Waals surface area contributed by atoms with Crippen LogP contribution in [0.1, 0.15) is 16.7 Å². The van der Waals surface area contributed by atoms with E-state index in [1.165, 1.54) is 12.1 Å². The first-order valence-electron chi connectivity index (χ1n) is 7.56. The van der Waals surface area contributed by atoms with Gasteiger partial charge in [-0.25, -0.2) is 0 Å². The Labute approximate surface area is 156 Å². The monoisotopic (exact) mass is 432 g/mol. The molecule has 158 valence electrons. The Kier molecular flexibility index (Phi) is 5.87. The van der Waals surface area contributed by atoms with Crippen LogP contribution < -0.4 is 5.43 Å². The molecule has 0 unspecified atom stereocenters. The summed E-state index contributed by atoms with van der Waals surface area (Å²) in [5, 5.41) is 3.53. The third-order valence-electron chi connectivity index (χ3n) is 3.62. The number of anilines is 1. The molecule has 12 heteroatoms. The molecular weight excluding hydrogens is 422 g/mol. The van der Waals surface area contributed by atoms with Gasteiger partial charge < -0.3 is 0 Å². The molecule has 2 rings (SSSR count). The number of para-hydroxylation sites is 1. The van der Waals surface area contributed by atoms with Crippen molar-refractivity contribution in [1.82, 2.24) is 0 Å². The Hall–Kier alpha value is -2.79. The molecule has 2 aromatic rings. The molecule has 2 aromatic carbocycles. The summed E-state index contributed by atoms with van der Waals surface area (Å²) in [4.78, 5) is 0. The van der Waals surface area contributed by atoms with Gasteiger partial charge >= 0.3 is 24.2 Å². The maximum atomic E-state index is 14.0. The fourth-order valence-corrected chi connectivity index (χ4v) is 2.19. The Morgan fingerprint density at radius 3 is 1.83 bits per heavy atom. The van der Waals surface area contributed by atoms with E-state index in [1.54, 1.807) is 18.2 Å². The zero-order chi connectivity index (χ0) is 22.1. The average Bonchev–Trinajstić information content (AvgIpc) is 2.60. The summed E-state index contributed by atoms with van der Waals surface area (Å²) in [6, 6.07) is 8.35. The second kappa shape index (κ2) is 7.56.